The zero-order valence-corrected chi connectivity index (χ0v) is 16.8. The number of nitrogens with zero attached hydrogens (tertiary/aromatic N) is 1. The number of thioether (sulfide) groups is 1. The molecule has 144 valence electrons. The number of likely N-dealkylation sites (tertiary alicyclic amines) is 1. The van der Waals surface area contributed by atoms with E-state index in [1.807, 2.05) is 0 Å². The number of carbonyl (C=O) groups is 1. The molecule has 2 aromatic carbocycles. The first-order chi connectivity index (χ1) is 13.1. The minimum absolute atomic E-state index is 0.0458. The van der Waals surface area contributed by atoms with Gasteiger partial charge in [-0.3, -0.25) is 9.69 Å². The highest BCUT2D eigenvalue weighted by atomic mass is 35.5. The molecule has 0 atom stereocenters. The SMILES string of the molecule is O=C(CSCc1ccc(Cl)cc1F)NCc1ccc(CN2CCCC2)cc1. The van der Waals surface area contributed by atoms with Crippen LogP contribution in [0.15, 0.2) is 42.5 Å². The van der Waals surface area contributed by atoms with E-state index in [1.54, 1.807) is 12.1 Å². The second kappa shape index (κ2) is 10.1. The lowest BCUT2D eigenvalue weighted by Crippen LogP contribution is -2.24. The number of amides is 1. The molecule has 1 amide bonds. The molecule has 2 aromatic rings. The Morgan fingerprint density at radius 2 is 1.81 bits per heavy atom. The van der Waals surface area contributed by atoms with Crippen LogP contribution < -0.4 is 5.32 Å². The maximum atomic E-state index is 13.7. The first kappa shape index (κ1) is 20.2. The van der Waals surface area contributed by atoms with Crippen molar-refractivity contribution in [2.24, 2.45) is 0 Å². The summed E-state index contributed by atoms with van der Waals surface area (Å²) in [6.07, 6.45) is 2.60. The number of benzene rings is 2. The van der Waals surface area contributed by atoms with Crippen molar-refractivity contribution in [3.8, 4) is 0 Å². The number of hydrogen-bond donors (Lipinski definition) is 1. The minimum Gasteiger partial charge on any atom is -0.351 e. The molecular formula is C21H24ClFN2OS. The molecule has 27 heavy (non-hydrogen) atoms. The van der Waals surface area contributed by atoms with Gasteiger partial charge in [0, 0.05) is 23.9 Å². The van der Waals surface area contributed by atoms with Crippen LogP contribution >= 0.6 is 23.4 Å². The van der Waals surface area contributed by atoms with Gasteiger partial charge in [0.05, 0.1) is 5.75 Å². The number of rotatable bonds is 8. The highest BCUT2D eigenvalue weighted by Crippen LogP contribution is 2.19. The van der Waals surface area contributed by atoms with E-state index in [1.165, 1.54) is 49.3 Å². The second-order valence-corrected chi connectivity index (χ2v) is 8.23. The standard InChI is InChI=1S/C21H24ClFN2OS/c22-19-8-7-18(20(23)11-19)14-27-15-21(26)24-12-16-3-5-17(6-4-16)13-25-9-1-2-10-25/h3-8,11H,1-2,9-10,12-15H2,(H,24,26). The van der Waals surface area contributed by atoms with Gasteiger partial charge >= 0.3 is 0 Å². The molecule has 3 nitrogen and oxygen atoms in total. The molecule has 0 radical (unpaired) electrons. The van der Waals surface area contributed by atoms with Gasteiger partial charge in [0.2, 0.25) is 5.91 Å². The first-order valence-electron chi connectivity index (χ1n) is 9.19. The summed E-state index contributed by atoms with van der Waals surface area (Å²) in [7, 11) is 0. The summed E-state index contributed by atoms with van der Waals surface area (Å²) in [5.41, 5.74) is 2.96. The van der Waals surface area contributed by atoms with Gasteiger partial charge in [0.15, 0.2) is 0 Å². The van der Waals surface area contributed by atoms with Gasteiger partial charge in [-0.15, -0.1) is 11.8 Å². The molecule has 0 bridgehead atoms. The Hall–Kier alpha value is -1.56. The molecule has 0 unspecified atom stereocenters. The molecule has 1 aliphatic rings. The smallest absolute Gasteiger partial charge is 0.230 e. The van der Waals surface area contributed by atoms with E-state index in [-0.39, 0.29) is 11.7 Å². The summed E-state index contributed by atoms with van der Waals surface area (Å²) < 4.78 is 13.7. The lowest BCUT2D eigenvalue weighted by molar-refractivity contribution is -0.118. The Balaban J connectivity index is 1.37. The molecule has 1 fully saturated rings. The fourth-order valence-corrected chi connectivity index (χ4v) is 4.11. The zero-order valence-electron chi connectivity index (χ0n) is 15.2. The number of nitrogens with one attached hydrogen (secondary N) is 1. The van der Waals surface area contributed by atoms with Crippen molar-refractivity contribution in [2.45, 2.75) is 31.7 Å². The fourth-order valence-electron chi connectivity index (χ4n) is 3.11. The van der Waals surface area contributed by atoms with Crippen molar-refractivity contribution in [3.05, 3.63) is 70.0 Å². The topological polar surface area (TPSA) is 32.3 Å². The fraction of sp³-hybridized carbons (Fsp3) is 0.381. The summed E-state index contributed by atoms with van der Waals surface area (Å²) in [5, 5.41) is 3.30. The number of hydrogen-bond acceptors (Lipinski definition) is 3. The van der Waals surface area contributed by atoms with Gasteiger partial charge in [-0.2, -0.15) is 0 Å². The van der Waals surface area contributed by atoms with E-state index in [4.69, 9.17) is 11.6 Å². The molecule has 6 heteroatoms. The largest absolute Gasteiger partial charge is 0.351 e. The Morgan fingerprint density at radius 3 is 2.52 bits per heavy atom. The molecule has 1 N–H and O–H groups in total. The highest BCUT2D eigenvalue weighted by molar-refractivity contribution is 7.99. The lowest BCUT2D eigenvalue weighted by Gasteiger charge is -2.14. The van der Waals surface area contributed by atoms with E-state index in [0.29, 0.717) is 28.6 Å². The first-order valence-corrected chi connectivity index (χ1v) is 10.7. The van der Waals surface area contributed by atoms with Crippen LogP contribution in [0.3, 0.4) is 0 Å². The number of carbonyl (C=O) groups excluding carboxylic acids is 1. The van der Waals surface area contributed by atoms with Crippen LogP contribution in [-0.4, -0.2) is 29.6 Å². The molecule has 1 aliphatic heterocycles. The average molecular weight is 407 g/mol. The molecule has 1 heterocycles. The minimum atomic E-state index is -0.329. The maximum Gasteiger partial charge on any atom is 0.230 e. The molecule has 3 rings (SSSR count). The molecule has 0 saturated carbocycles. The van der Waals surface area contributed by atoms with Crippen LogP contribution in [0.1, 0.15) is 29.5 Å². The van der Waals surface area contributed by atoms with Crippen LogP contribution in [0.2, 0.25) is 5.02 Å². The summed E-state index contributed by atoms with van der Waals surface area (Å²) in [6, 6.07) is 13.0. The van der Waals surface area contributed by atoms with Gasteiger partial charge in [0.25, 0.3) is 0 Å². The average Bonchev–Trinajstić information content (AvgIpc) is 3.16. The normalized spacial score (nSPS) is 14.4. The van der Waals surface area contributed by atoms with Crippen LogP contribution in [0.5, 0.6) is 0 Å². The van der Waals surface area contributed by atoms with E-state index in [9.17, 15) is 9.18 Å². The monoisotopic (exact) mass is 406 g/mol. The van der Waals surface area contributed by atoms with Crippen molar-refractivity contribution in [2.75, 3.05) is 18.8 Å². The second-order valence-electron chi connectivity index (χ2n) is 6.81. The van der Waals surface area contributed by atoms with Gasteiger partial charge in [-0.25, -0.2) is 4.39 Å². The Morgan fingerprint density at radius 1 is 1.11 bits per heavy atom. The molecule has 0 spiro atoms. The van der Waals surface area contributed by atoms with Crippen molar-refractivity contribution >= 4 is 29.3 Å². The van der Waals surface area contributed by atoms with Gasteiger partial charge in [-0.05, 0) is 54.8 Å². The third-order valence-corrected chi connectivity index (χ3v) is 5.84. The van der Waals surface area contributed by atoms with Crippen molar-refractivity contribution in [3.63, 3.8) is 0 Å². The summed E-state index contributed by atoms with van der Waals surface area (Å²) in [6.45, 7) is 3.90. The lowest BCUT2D eigenvalue weighted by atomic mass is 10.1. The van der Waals surface area contributed by atoms with Crippen molar-refractivity contribution in [1.29, 1.82) is 0 Å². The summed E-state index contributed by atoms with van der Waals surface area (Å²) in [4.78, 5) is 14.5. The Bertz CT molecular complexity index is 763. The molecular weight excluding hydrogens is 383 g/mol. The van der Waals surface area contributed by atoms with Crippen LogP contribution in [0.25, 0.3) is 0 Å². The predicted octanol–water partition coefficient (Wildman–Crippen LogP) is 4.62. The van der Waals surface area contributed by atoms with E-state index in [0.717, 1.165) is 12.1 Å². The van der Waals surface area contributed by atoms with Crippen molar-refractivity contribution in [1.82, 2.24) is 10.2 Å². The van der Waals surface area contributed by atoms with Crippen LogP contribution in [0.4, 0.5) is 4.39 Å². The van der Waals surface area contributed by atoms with E-state index >= 15 is 0 Å². The molecule has 0 aliphatic carbocycles. The van der Waals surface area contributed by atoms with E-state index in [2.05, 4.69) is 34.5 Å². The quantitative estimate of drug-likeness (QED) is 0.694. The van der Waals surface area contributed by atoms with Crippen LogP contribution in [-0.2, 0) is 23.6 Å². The Kier molecular flexibility index (Phi) is 7.56. The number of halogens is 2. The predicted molar refractivity (Wildman–Crippen MR) is 110 cm³/mol. The summed E-state index contributed by atoms with van der Waals surface area (Å²) in [5.74, 6) is 0.372. The third-order valence-electron chi connectivity index (χ3n) is 4.62. The van der Waals surface area contributed by atoms with Crippen LogP contribution in [0, 0.1) is 5.82 Å². The van der Waals surface area contributed by atoms with E-state index < -0.39 is 0 Å². The van der Waals surface area contributed by atoms with Gasteiger partial charge in [-0.1, -0.05) is 41.9 Å². The summed E-state index contributed by atoms with van der Waals surface area (Å²) >= 11 is 7.13. The van der Waals surface area contributed by atoms with Gasteiger partial charge < -0.3 is 5.32 Å². The highest BCUT2D eigenvalue weighted by Gasteiger charge is 2.11. The molecule has 0 aromatic heterocycles. The van der Waals surface area contributed by atoms with Gasteiger partial charge in [0.1, 0.15) is 5.82 Å². The zero-order chi connectivity index (χ0) is 19.1. The maximum absolute atomic E-state index is 13.7. The Labute approximate surface area is 169 Å². The molecule has 1 saturated heterocycles. The third kappa shape index (κ3) is 6.52. The van der Waals surface area contributed by atoms with Crippen molar-refractivity contribution < 1.29 is 9.18 Å².